The number of hydrogen-bond donors (Lipinski definition) is 3. The lowest BCUT2D eigenvalue weighted by molar-refractivity contribution is -0.161. The summed E-state index contributed by atoms with van der Waals surface area (Å²) in [6.45, 7) is 4.91. The quantitative estimate of drug-likeness (QED) is 0.0222. The van der Waals surface area contributed by atoms with E-state index in [1.54, 1.807) is 0 Å². The molecular formula is C69H134O17P2. The van der Waals surface area contributed by atoms with Gasteiger partial charge < -0.3 is 33.8 Å². The fourth-order valence-electron chi connectivity index (χ4n) is 10.5. The number of rotatable bonds is 70. The highest BCUT2D eigenvalue weighted by atomic mass is 31.2. The molecule has 0 aromatic rings. The van der Waals surface area contributed by atoms with Crippen LogP contribution in [0.15, 0.2) is 0 Å². The Morgan fingerprint density at radius 3 is 0.670 bits per heavy atom. The maximum atomic E-state index is 13.0. The van der Waals surface area contributed by atoms with Gasteiger partial charge in [0.25, 0.3) is 0 Å². The Hall–Kier alpha value is -1.94. The number of phosphoric acid groups is 2. The Morgan fingerprint density at radius 1 is 0.273 bits per heavy atom. The first-order valence-corrected chi connectivity index (χ1v) is 39.3. The van der Waals surface area contributed by atoms with E-state index in [4.69, 9.17) is 37.0 Å². The minimum Gasteiger partial charge on any atom is -0.462 e. The summed E-state index contributed by atoms with van der Waals surface area (Å²) in [6, 6.07) is 0. The van der Waals surface area contributed by atoms with E-state index in [-0.39, 0.29) is 25.7 Å². The van der Waals surface area contributed by atoms with Gasteiger partial charge in [-0.3, -0.25) is 37.3 Å². The molecule has 0 aliphatic rings. The van der Waals surface area contributed by atoms with E-state index < -0.39 is 97.5 Å². The summed E-state index contributed by atoms with van der Waals surface area (Å²) < 4.78 is 68.2. The van der Waals surface area contributed by atoms with E-state index in [1.807, 2.05) is 0 Å². The highest BCUT2D eigenvalue weighted by molar-refractivity contribution is 7.47. The summed E-state index contributed by atoms with van der Waals surface area (Å²) >= 11 is 0. The van der Waals surface area contributed by atoms with Gasteiger partial charge in [0.1, 0.15) is 19.3 Å². The highest BCUT2D eigenvalue weighted by Gasteiger charge is 2.30. The Morgan fingerprint density at radius 2 is 0.455 bits per heavy atom. The Bertz CT molecular complexity index is 1690. The van der Waals surface area contributed by atoms with Gasteiger partial charge in [0.2, 0.25) is 0 Å². The first-order valence-electron chi connectivity index (χ1n) is 36.3. The topological polar surface area (TPSA) is 237 Å². The molecular weight excluding hydrogens is 1160 g/mol. The van der Waals surface area contributed by atoms with Crippen LogP contribution in [0.2, 0.25) is 0 Å². The first kappa shape index (κ1) is 86.1. The second-order valence-corrected chi connectivity index (χ2v) is 27.8. The van der Waals surface area contributed by atoms with Crippen molar-refractivity contribution in [2.75, 3.05) is 39.6 Å². The smallest absolute Gasteiger partial charge is 0.462 e. The van der Waals surface area contributed by atoms with E-state index in [1.165, 1.54) is 193 Å². The molecule has 0 aliphatic carbocycles. The predicted octanol–water partition coefficient (Wildman–Crippen LogP) is 19.9. The van der Waals surface area contributed by atoms with Gasteiger partial charge in [-0.2, -0.15) is 0 Å². The van der Waals surface area contributed by atoms with Crippen molar-refractivity contribution in [1.29, 1.82) is 0 Å². The van der Waals surface area contributed by atoms with Crippen molar-refractivity contribution in [1.82, 2.24) is 0 Å². The van der Waals surface area contributed by atoms with Crippen molar-refractivity contribution in [3.05, 3.63) is 0 Å². The molecule has 0 radical (unpaired) electrons. The van der Waals surface area contributed by atoms with Crippen LogP contribution in [0, 0.1) is 0 Å². The highest BCUT2D eigenvalue weighted by Crippen LogP contribution is 2.45. The second kappa shape index (κ2) is 63.8. The Balaban J connectivity index is 5.21. The molecule has 19 heteroatoms. The average molecular weight is 1300 g/mol. The van der Waals surface area contributed by atoms with Crippen LogP contribution in [0.5, 0.6) is 0 Å². The van der Waals surface area contributed by atoms with Crippen LogP contribution in [-0.4, -0.2) is 96.7 Å². The maximum absolute atomic E-state index is 13.0. The molecule has 2 unspecified atom stereocenters. The molecule has 3 N–H and O–H groups in total. The minimum atomic E-state index is -4.95. The number of hydrogen-bond acceptors (Lipinski definition) is 15. The van der Waals surface area contributed by atoms with Crippen LogP contribution in [0.3, 0.4) is 0 Å². The summed E-state index contributed by atoms with van der Waals surface area (Å²) in [5.74, 6) is -2.12. The lowest BCUT2D eigenvalue weighted by Gasteiger charge is -2.21. The number of carbonyl (C=O) groups excluding carboxylic acids is 4. The van der Waals surface area contributed by atoms with Crippen LogP contribution >= 0.6 is 15.6 Å². The third-order valence-electron chi connectivity index (χ3n) is 16.1. The molecule has 0 aromatic heterocycles. The molecule has 522 valence electrons. The van der Waals surface area contributed by atoms with Gasteiger partial charge in [-0.05, 0) is 25.7 Å². The number of aliphatic hydroxyl groups is 1. The third-order valence-corrected chi connectivity index (χ3v) is 18.0. The largest absolute Gasteiger partial charge is 0.472 e. The minimum absolute atomic E-state index is 0.106. The Labute approximate surface area is 537 Å². The molecule has 88 heavy (non-hydrogen) atoms. The van der Waals surface area contributed by atoms with E-state index in [0.717, 1.165) is 89.9 Å². The third kappa shape index (κ3) is 62.8. The van der Waals surface area contributed by atoms with Gasteiger partial charge in [-0.25, -0.2) is 9.13 Å². The zero-order valence-electron chi connectivity index (χ0n) is 56.7. The van der Waals surface area contributed by atoms with E-state index in [2.05, 4.69) is 27.7 Å². The summed E-state index contributed by atoms with van der Waals surface area (Å²) in [5.41, 5.74) is 0. The van der Waals surface area contributed by atoms with E-state index in [0.29, 0.717) is 25.7 Å². The lowest BCUT2D eigenvalue weighted by atomic mass is 10.0. The zero-order chi connectivity index (χ0) is 64.7. The number of aliphatic hydroxyl groups excluding tert-OH is 1. The molecule has 0 amide bonds. The van der Waals surface area contributed by atoms with Gasteiger partial charge >= 0.3 is 39.5 Å². The van der Waals surface area contributed by atoms with Gasteiger partial charge in [0.05, 0.1) is 26.4 Å². The SMILES string of the molecule is CCCCCCCCCCCCCCCCCC(=O)OC[C@H](COP(=O)(O)OC[C@@H](O)COP(=O)(O)OC[C@@H](COC(=O)CCCCCCCCCCC)OC(=O)CCCCCCCCCCC)OC(=O)CCCCCCCCCCCCCCCCC. The zero-order valence-corrected chi connectivity index (χ0v) is 58.5. The molecule has 0 aromatic carbocycles. The number of unbranched alkanes of at least 4 members (excludes halogenated alkanes) is 44. The fourth-order valence-corrected chi connectivity index (χ4v) is 12.1. The normalized spacial score (nSPS) is 14.0. The van der Waals surface area contributed by atoms with Crippen molar-refractivity contribution in [2.45, 2.75) is 380 Å². The molecule has 0 rings (SSSR count). The summed E-state index contributed by atoms with van der Waals surface area (Å²) in [4.78, 5) is 72.4. The summed E-state index contributed by atoms with van der Waals surface area (Å²) in [5, 5.41) is 10.6. The fraction of sp³-hybridized carbons (Fsp3) is 0.942. The van der Waals surface area contributed by atoms with Gasteiger partial charge in [-0.1, -0.05) is 310 Å². The molecule has 0 heterocycles. The van der Waals surface area contributed by atoms with Gasteiger partial charge in [0, 0.05) is 25.7 Å². The van der Waals surface area contributed by atoms with Crippen LogP contribution in [0.4, 0.5) is 0 Å². The Kier molecular flexibility index (Phi) is 62.4. The number of ether oxygens (including phenoxy) is 4. The average Bonchev–Trinajstić information content (AvgIpc) is 3.57. The molecule has 0 saturated heterocycles. The number of phosphoric ester groups is 2. The van der Waals surface area contributed by atoms with Crippen molar-refractivity contribution >= 4 is 39.5 Å². The predicted molar refractivity (Wildman–Crippen MR) is 354 cm³/mol. The van der Waals surface area contributed by atoms with E-state index in [9.17, 15) is 43.2 Å². The van der Waals surface area contributed by atoms with Crippen LogP contribution in [0.1, 0.15) is 362 Å². The number of carbonyl (C=O) groups is 4. The maximum Gasteiger partial charge on any atom is 0.472 e. The van der Waals surface area contributed by atoms with Gasteiger partial charge in [0.15, 0.2) is 12.2 Å². The second-order valence-electron chi connectivity index (χ2n) is 24.9. The van der Waals surface area contributed by atoms with Crippen molar-refractivity contribution < 1.29 is 80.2 Å². The summed E-state index contributed by atoms with van der Waals surface area (Å²) in [6.07, 6.45) is 51.3. The molecule has 0 fully saturated rings. The molecule has 5 atom stereocenters. The molecule has 0 spiro atoms. The first-order chi connectivity index (χ1) is 42.7. The van der Waals surface area contributed by atoms with Crippen LogP contribution in [0.25, 0.3) is 0 Å². The molecule has 17 nitrogen and oxygen atoms in total. The summed E-state index contributed by atoms with van der Waals surface area (Å²) in [7, 11) is -9.89. The van der Waals surface area contributed by atoms with Gasteiger partial charge in [-0.15, -0.1) is 0 Å². The molecule has 0 saturated carbocycles. The van der Waals surface area contributed by atoms with E-state index >= 15 is 0 Å². The monoisotopic (exact) mass is 1300 g/mol. The lowest BCUT2D eigenvalue weighted by Crippen LogP contribution is -2.30. The molecule has 0 aliphatic heterocycles. The van der Waals surface area contributed by atoms with Crippen LogP contribution in [-0.2, 0) is 65.4 Å². The van der Waals surface area contributed by atoms with Crippen molar-refractivity contribution in [3.8, 4) is 0 Å². The standard InChI is InChI=1S/C69H134O17P2/c1-5-9-13-17-21-25-27-29-31-33-35-39-42-46-50-54-67(72)80-60-65(86-69(74)56-52-48-44-40-36-34-32-30-28-26-22-18-14-10-6-2)62-84-88(77,78)82-58-63(70)57-81-87(75,76)83-61-64(85-68(73)55-51-47-43-38-24-20-16-12-8-4)59-79-66(71)53-49-45-41-37-23-19-15-11-7-3/h63-65,70H,5-62H2,1-4H3,(H,75,76)(H,77,78)/t63-,64+,65+/m0/s1. The van der Waals surface area contributed by atoms with Crippen molar-refractivity contribution in [3.63, 3.8) is 0 Å². The molecule has 0 bridgehead atoms. The van der Waals surface area contributed by atoms with Crippen molar-refractivity contribution in [2.24, 2.45) is 0 Å². The number of esters is 4. The van der Waals surface area contributed by atoms with Crippen LogP contribution < -0.4 is 0 Å².